The molecule has 1 amide bonds. The van der Waals surface area contributed by atoms with Crippen LogP contribution in [0, 0.1) is 34.5 Å². The summed E-state index contributed by atoms with van der Waals surface area (Å²) in [7, 11) is 0. The molecule has 0 bridgehead atoms. The Balaban J connectivity index is 1.31. The topological polar surface area (TPSA) is 112 Å². The van der Waals surface area contributed by atoms with E-state index in [4.69, 9.17) is 20.1 Å². The van der Waals surface area contributed by atoms with E-state index in [1.54, 1.807) is 30.6 Å². The number of hydrogen-bond acceptors (Lipinski definition) is 7. The highest BCUT2D eigenvalue weighted by Crippen LogP contribution is 2.36. The third-order valence-electron chi connectivity index (χ3n) is 5.92. The van der Waals surface area contributed by atoms with E-state index in [0.29, 0.717) is 42.6 Å². The lowest BCUT2D eigenvalue weighted by molar-refractivity contribution is -0.183. The maximum Gasteiger partial charge on any atom is 0.249 e. The van der Waals surface area contributed by atoms with Gasteiger partial charge >= 0.3 is 0 Å². The Morgan fingerprint density at radius 2 is 1.94 bits per heavy atom. The molecule has 1 atom stereocenters. The van der Waals surface area contributed by atoms with Crippen molar-refractivity contribution in [2.75, 3.05) is 13.2 Å². The van der Waals surface area contributed by atoms with Crippen LogP contribution < -0.4 is 4.74 Å². The molecule has 8 heteroatoms. The molecule has 31 heavy (non-hydrogen) atoms. The Bertz CT molecular complexity index is 1020. The zero-order valence-corrected chi connectivity index (χ0v) is 17.1. The maximum absolute atomic E-state index is 13.1. The summed E-state index contributed by atoms with van der Waals surface area (Å²) in [5.74, 6) is 0.735. The van der Waals surface area contributed by atoms with Crippen LogP contribution in [0.25, 0.3) is 0 Å². The number of nitrogens with zero attached hydrogens (tertiary/aromatic N) is 5. The predicted molar refractivity (Wildman–Crippen MR) is 109 cm³/mol. The number of nitriles is 2. The van der Waals surface area contributed by atoms with E-state index in [1.165, 1.54) is 11.3 Å². The highest BCUT2D eigenvalue weighted by Gasteiger charge is 2.37. The molecule has 2 aromatic heterocycles. The molecular formula is C23H23N5O3. The third kappa shape index (κ3) is 4.82. The van der Waals surface area contributed by atoms with Crippen molar-refractivity contribution in [2.24, 2.45) is 11.8 Å². The number of aromatic nitrogens is 2. The van der Waals surface area contributed by atoms with Crippen molar-refractivity contribution in [3.8, 4) is 18.0 Å². The van der Waals surface area contributed by atoms with E-state index < -0.39 is 0 Å². The molecule has 0 unspecified atom stereocenters. The van der Waals surface area contributed by atoms with Gasteiger partial charge in [-0.3, -0.25) is 14.6 Å². The number of ether oxygens (including phenoxy) is 1. The predicted octanol–water partition coefficient (Wildman–Crippen LogP) is 3.31. The van der Waals surface area contributed by atoms with E-state index in [0.717, 1.165) is 31.2 Å². The maximum atomic E-state index is 13.1. The van der Waals surface area contributed by atoms with Gasteiger partial charge in [0.25, 0.3) is 0 Å². The second kappa shape index (κ2) is 9.55. The zero-order valence-electron chi connectivity index (χ0n) is 17.1. The molecule has 1 saturated carbocycles. The lowest BCUT2D eigenvalue weighted by Gasteiger charge is -2.31. The molecule has 158 valence electrons. The number of carbonyl (C=O) groups is 1. The fraction of sp³-hybridized carbons (Fsp3) is 0.435. The van der Waals surface area contributed by atoms with Crippen LogP contribution in [0.15, 0.2) is 36.8 Å². The Morgan fingerprint density at radius 1 is 1.13 bits per heavy atom. The lowest BCUT2D eigenvalue weighted by Crippen LogP contribution is -2.37. The van der Waals surface area contributed by atoms with Crippen molar-refractivity contribution in [1.82, 2.24) is 15.0 Å². The first-order valence-electron chi connectivity index (χ1n) is 10.5. The van der Waals surface area contributed by atoms with Gasteiger partial charge < -0.3 is 4.74 Å². The van der Waals surface area contributed by atoms with Crippen LogP contribution in [0.1, 0.15) is 54.8 Å². The van der Waals surface area contributed by atoms with E-state index in [2.05, 4.69) is 22.1 Å². The molecular weight excluding hydrogens is 394 g/mol. The van der Waals surface area contributed by atoms with E-state index in [1.807, 2.05) is 0 Å². The van der Waals surface area contributed by atoms with Crippen LogP contribution in [0.4, 0.5) is 0 Å². The number of rotatable bonds is 5. The number of amides is 1. The van der Waals surface area contributed by atoms with Crippen molar-refractivity contribution in [2.45, 2.75) is 38.1 Å². The van der Waals surface area contributed by atoms with Gasteiger partial charge in [-0.15, -0.1) is 0 Å². The van der Waals surface area contributed by atoms with Gasteiger partial charge in [0, 0.05) is 37.0 Å². The molecule has 8 nitrogen and oxygen atoms in total. The molecule has 1 saturated heterocycles. The fourth-order valence-corrected chi connectivity index (χ4v) is 4.21. The van der Waals surface area contributed by atoms with Gasteiger partial charge in [0.05, 0.1) is 36.5 Å². The number of carbonyl (C=O) groups excluding carboxylic acids is 1. The monoisotopic (exact) mass is 417 g/mol. The molecule has 2 aliphatic rings. The first-order chi connectivity index (χ1) is 15.2. The molecule has 0 aromatic carbocycles. The van der Waals surface area contributed by atoms with Gasteiger partial charge in [-0.05, 0) is 49.3 Å². The highest BCUT2D eigenvalue weighted by atomic mass is 16.7. The minimum absolute atomic E-state index is 0.00705. The van der Waals surface area contributed by atoms with E-state index in [9.17, 15) is 4.79 Å². The largest absolute Gasteiger partial charge is 0.477 e. The number of pyridine rings is 2. The molecule has 1 aliphatic carbocycles. The SMILES string of the molecule is N#Cc1cncc([C@@H]2CCON2C(=O)C2CCC(COc3cc(C#N)ccn3)CC2)c1. The molecule has 4 rings (SSSR count). The van der Waals surface area contributed by atoms with Gasteiger partial charge in [-0.2, -0.15) is 10.5 Å². The summed E-state index contributed by atoms with van der Waals surface area (Å²) in [4.78, 5) is 27.1. The third-order valence-corrected chi connectivity index (χ3v) is 5.92. The van der Waals surface area contributed by atoms with Crippen molar-refractivity contribution in [3.63, 3.8) is 0 Å². The van der Waals surface area contributed by atoms with E-state index >= 15 is 0 Å². The second-order valence-corrected chi connectivity index (χ2v) is 7.94. The van der Waals surface area contributed by atoms with Gasteiger partial charge in [-0.1, -0.05) is 0 Å². The van der Waals surface area contributed by atoms with Gasteiger partial charge in [-0.25, -0.2) is 10.0 Å². The van der Waals surface area contributed by atoms with Gasteiger partial charge in [0.15, 0.2) is 0 Å². The minimum atomic E-state index is -0.201. The Kier molecular flexibility index (Phi) is 6.40. The summed E-state index contributed by atoms with van der Waals surface area (Å²) >= 11 is 0. The van der Waals surface area contributed by atoms with Crippen LogP contribution in [-0.2, 0) is 9.63 Å². The average molecular weight is 417 g/mol. The summed E-state index contributed by atoms with van der Waals surface area (Å²) in [6.07, 6.45) is 8.81. The molecule has 2 fully saturated rings. The molecule has 0 spiro atoms. The standard InChI is InChI=1S/C23H23N5O3/c24-11-17-5-7-27-22(10-17)30-15-16-1-3-19(4-2-16)23(29)28-21(6-8-31-28)20-9-18(12-25)13-26-14-20/h5,7,9-10,13-14,16,19,21H,1-4,6,8,15H2/t16?,19?,21-/m0/s1. The van der Waals surface area contributed by atoms with Crippen molar-refractivity contribution < 1.29 is 14.4 Å². The second-order valence-electron chi connectivity index (χ2n) is 7.94. The minimum Gasteiger partial charge on any atom is -0.477 e. The molecule has 3 heterocycles. The van der Waals surface area contributed by atoms with Gasteiger partial charge in [0.2, 0.25) is 11.8 Å². The smallest absolute Gasteiger partial charge is 0.249 e. The van der Waals surface area contributed by atoms with Gasteiger partial charge in [0.1, 0.15) is 6.07 Å². The molecule has 0 radical (unpaired) electrons. The quantitative estimate of drug-likeness (QED) is 0.733. The van der Waals surface area contributed by atoms with Crippen molar-refractivity contribution in [1.29, 1.82) is 10.5 Å². The Morgan fingerprint density at radius 3 is 2.71 bits per heavy atom. The van der Waals surface area contributed by atoms with Crippen molar-refractivity contribution in [3.05, 3.63) is 53.5 Å². The zero-order chi connectivity index (χ0) is 21.6. The average Bonchev–Trinajstić information content (AvgIpc) is 3.33. The van der Waals surface area contributed by atoms with Crippen LogP contribution in [0.2, 0.25) is 0 Å². The summed E-state index contributed by atoms with van der Waals surface area (Å²) in [6, 6.07) is 9.02. The summed E-state index contributed by atoms with van der Waals surface area (Å²) < 4.78 is 5.76. The van der Waals surface area contributed by atoms with Crippen LogP contribution in [0.3, 0.4) is 0 Å². The highest BCUT2D eigenvalue weighted by molar-refractivity contribution is 5.78. The first-order valence-corrected chi connectivity index (χ1v) is 10.5. The van der Waals surface area contributed by atoms with Crippen molar-refractivity contribution >= 4 is 5.91 Å². The summed E-state index contributed by atoms with van der Waals surface area (Å²) in [5, 5.41) is 19.6. The normalized spacial score (nSPS) is 23.0. The molecule has 2 aromatic rings. The summed E-state index contributed by atoms with van der Waals surface area (Å²) in [6.45, 7) is 1.00. The fourth-order valence-electron chi connectivity index (χ4n) is 4.21. The van der Waals surface area contributed by atoms with Crippen LogP contribution in [-0.4, -0.2) is 34.2 Å². The first kappa shape index (κ1) is 20.8. The van der Waals surface area contributed by atoms with E-state index in [-0.39, 0.29) is 17.9 Å². The Hall–Kier alpha value is -3.49. The van der Waals surface area contributed by atoms with Crippen LogP contribution >= 0.6 is 0 Å². The molecule has 1 aliphatic heterocycles. The Labute approximate surface area is 181 Å². The lowest BCUT2D eigenvalue weighted by atomic mass is 9.81. The summed E-state index contributed by atoms with van der Waals surface area (Å²) in [5.41, 5.74) is 1.83. The van der Waals surface area contributed by atoms with Crippen LogP contribution in [0.5, 0.6) is 5.88 Å². The number of hydroxylamine groups is 2. The number of hydrogen-bond donors (Lipinski definition) is 0. The molecule has 0 N–H and O–H groups in total.